The van der Waals surface area contributed by atoms with Gasteiger partial charge < -0.3 is 10.1 Å². The van der Waals surface area contributed by atoms with Crippen LogP contribution in [-0.4, -0.2) is 37.2 Å². The molecule has 5 heteroatoms. The van der Waals surface area contributed by atoms with Crippen LogP contribution in [0.4, 0.5) is 0 Å². The van der Waals surface area contributed by atoms with Crippen molar-refractivity contribution < 1.29 is 9.53 Å². The van der Waals surface area contributed by atoms with E-state index in [0.29, 0.717) is 17.7 Å². The van der Waals surface area contributed by atoms with Crippen LogP contribution in [0.3, 0.4) is 0 Å². The Hall–Kier alpha value is -0.650. The van der Waals surface area contributed by atoms with Crippen molar-refractivity contribution in [3.63, 3.8) is 0 Å². The number of amides is 1. The molecule has 20 heavy (non-hydrogen) atoms. The van der Waals surface area contributed by atoms with Gasteiger partial charge in [-0.3, -0.25) is 4.79 Å². The molecular formula is C15H21NO2S2. The van der Waals surface area contributed by atoms with E-state index in [1.54, 1.807) is 0 Å². The summed E-state index contributed by atoms with van der Waals surface area (Å²) in [6, 6.07) is 8.00. The molecule has 0 radical (unpaired) electrons. The molecule has 2 rings (SSSR count). The number of ether oxygens (including phenoxy) is 1. The van der Waals surface area contributed by atoms with Crippen LogP contribution in [0, 0.1) is 0 Å². The van der Waals surface area contributed by atoms with Gasteiger partial charge >= 0.3 is 0 Å². The minimum absolute atomic E-state index is 0.000207. The maximum Gasteiger partial charge on any atom is 0.251 e. The largest absolute Gasteiger partial charge is 0.382 e. The van der Waals surface area contributed by atoms with E-state index in [0.717, 1.165) is 18.6 Å². The van der Waals surface area contributed by atoms with Gasteiger partial charge in [0, 0.05) is 36.8 Å². The van der Waals surface area contributed by atoms with Crippen molar-refractivity contribution >= 4 is 29.4 Å². The fourth-order valence-corrected chi connectivity index (χ4v) is 4.82. The zero-order valence-corrected chi connectivity index (χ0v) is 13.4. The molecular weight excluding hydrogens is 290 g/mol. The van der Waals surface area contributed by atoms with Gasteiger partial charge in [-0.25, -0.2) is 0 Å². The predicted molar refractivity (Wildman–Crippen MR) is 87.5 cm³/mol. The van der Waals surface area contributed by atoms with Crippen LogP contribution in [0.5, 0.6) is 0 Å². The van der Waals surface area contributed by atoms with Crippen LogP contribution in [-0.2, 0) is 4.74 Å². The summed E-state index contributed by atoms with van der Waals surface area (Å²) in [5, 5.41) is 2.92. The molecule has 3 nitrogen and oxygen atoms in total. The molecule has 1 aromatic carbocycles. The van der Waals surface area contributed by atoms with E-state index in [1.165, 1.54) is 17.1 Å². The fourth-order valence-electron chi connectivity index (χ4n) is 1.97. The molecule has 1 aliphatic rings. The van der Waals surface area contributed by atoms with E-state index >= 15 is 0 Å². The Morgan fingerprint density at radius 3 is 2.65 bits per heavy atom. The topological polar surface area (TPSA) is 38.3 Å². The second-order valence-electron chi connectivity index (χ2n) is 4.50. The molecule has 1 aliphatic heterocycles. The third-order valence-corrected chi connectivity index (χ3v) is 6.13. The Bertz CT molecular complexity index is 416. The Morgan fingerprint density at radius 1 is 1.30 bits per heavy atom. The highest BCUT2D eigenvalue weighted by atomic mass is 32.2. The van der Waals surface area contributed by atoms with E-state index in [2.05, 4.69) is 17.4 Å². The number of hydrogen-bond donors (Lipinski definition) is 1. The molecule has 0 saturated carbocycles. The summed E-state index contributed by atoms with van der Waals surface area (Å²) in [6.07, 6.45) is 0.854. The lowest BCUT2D eigenvalue weighted by Crippen LogP contribution is -2.25. The van der Waals surface area contributed by atoms with Gasteiger partial charge in [-0.2, -0.15) is 0 Å². The van der Waals surface area contributed by atoms with Crippen LogP contribution >= 0.6 is 23.5 Å². The zero-order valence-electron chi connectivity index (χ0n) is 11.8. The van der Waals surface area contributed by atoms with Crippen molar-refractivity contribution in [1.82, 2.24) is 5.32 Å². The molecule has 1 saturated heterocycles. The zero-order chi connectivity index (χ0) is 14.2. The third-order valence-electron chi connectivity index (χ3n) is 3.02. The molecule has 1 heterocycles. The monoisotopic (exact) mass is 311 g/mol. The molecule has 1 amide bonds. The lowest BCUT2D eigenvalue weighted by atomic mass is 10.1. The maximum atomic E-state index is 11.9. The molecule has 0 aliphatic carbocycles. The second kappa shape index (κ2) is 8.60. The van der Waals surface area contributed by atoms with Crippen LogP contribution in [0.1, 0.15) is 33.8 Å². The number of nitrogens with one attached hydrogen (secondary N) is 1. The lowest BCUT2D eigenvalue weighted by molar-refractivity contribution is 0.0944. The number of rotatable bonds is 7. The average Bonchev–Trinajstić information content (AvgIpc) is 3.01. The first-order valence-electron chi connectivity index (χ1n) is 7.00. The summed E-state index contributed by atoms with van der Waals surface area (Å²) < 4.78 is 5.78. The third kappa shape index (κ3) is 4.72. The minimum atomic E-state index is -0.000207. The molecule has 1 N–H and O–H groups in total. The quantitative estimate of drug-likeness (QED) is 0.784. The van der Waals surface area contributed by atoms with Gasteiger partial charge in [0.05, 0.1) is 4.58 Å². The van der Waals surface area contributed by atoms with Gasteiger partial charge in [-0.1, -0.05) is 12.1 Å². The van der Waals surface area contributed by atoms with Gasteiger partial charge in [-0.05, 0) is 31.0 Å². The molecule has 0 aromatic heterocycles. The molecule has 110 valence electrons. The van der Waals surface area contributed by atoms with Gasteiger partial charge in [0.2, 0.25) is 0 Å². The summed E-state index contributed by atoms with van der Waals surface area (Å²) in [7, 11) is 0. The van der Waals surface area contributed by atoms with Crippen molar-refractivity contribution in [1.29, 1.82) is 0 Å². The minimum Gasteiger partial charge on any atom is -0.382 e. The average molecular weight is 311 g/mol. The highest BCUT2D eigenvalue weighted by Crippen LogP contribution is 2.45. The predicted octanol–water partition coefficient (Wildman–Crippen LogP) is 3.32. The summed E-state index contributed by atoms with van der Waals surface area (Å²) in [5.41, 5.74) is 2.04. The van der Waals surface area contributed by atoms with E-state index in [9.17, 15) is 4.79 Å². The Labute approximate surface area is 129 Å². The van der Waals surface area contributed by atoms with Gasteiger partial charge in [0.15, 0.2) is 0 Å². The molecule has 0 bridgehead atoms. The second-order valence-corrected chi connectivity index (χ2v) is 7.23. The maximum absolute atomic E-state index is 11.9. The Balaban J connectivity index is 1.78. The SMILES string of the molecule is CCOCCCNC(=O)c1ccc(C2SCCS2)cc1. The van der Waals surface area contributed by atoms with Crippen LogP contribution < -0.4 is 5.32 Å². The van der Waals surface area contributed by atoms with Crippen molar-refractivity contribution in [2.45, 2.75) is 17.9 Å². The summed E-state index contributed by atoms with van der Waals surface area (Å²) in [4.78, 5) is 11.9. The van der Waals surface area contributed by atoms with Crippen LogP contribution in [0.15, 0.2) is 24.3 Å². The first-order valence-corrected chi connectivity index (χ1v) is 9.10. The first kappa shape index (κ1) is 15.7. The van der Waals surface area contributed by atoms with Crippen molar-refractivity contribution in [2.24, 2.45) is 0 Å². The standard InChI is InChI=1S/C15H21NO2S2/c1-2-18-9-3-8-16-14(17)12-4-6-13(7-5-12)15-19-10-11-20-15/h4-7,15H,2-3,8-11H2,1H3,(H,16,17). The van der Waals surface area contributed by atoms with Gasteiger partial charge in [0.25, 0.3) is 5.91 Å². The smallest absolute Gasteiger partial charge is 0.251 e. The van der Waals surface area contributed by atoms with Crippen LogP contribution in [0.2, 0.25) is 0 Å². The van der Waals surface area contributed by atoms with E-state index in [1.807, 2.05) is 42.6 Å². The van der Waals surface area contributed by atoms with Gasteiger partial charge in [-0.15, -0.1) is 23.5 Å². The van der Waals surface area contributed by atoms with Crippen molar-refractivity contribution in [2.75, 3.05) is 31.3 Å². The Morgan fingerprint density at radius 2 is 2.00 bits per heavy atom. The number of hydrogen-bond acceptors (Lipinski definition) is 4. The number of carbonyl (C=O) groups excluding carboxylic acids is 1. The molecule has 0 atom stereocenters. The first-order chi connectivity index (χ1) is 9.81. The highest BCUT2D eigenvalue weighted by Gasteiger charge is 2.18. The number of carbonyl (C=O) groups is 1. The lowest BCUT2D eigenvalue weighted by Gasteiger charge is -2.09. The van der Waals surface area contributed by atoms with E-state index in [4.69, 9.17) is 4.74 Å². The molecule has 1 fully saturated rings. The molecule has 1 aromatic rings. The Kier molecular flexibility index (Phi) is 6.76. The normalized spacial score (nSPS) is 15.4. The highest BCUT2D eigenvalue weighted by molar-refractivity contribution is 8.19. The molecule has 0 unspecified atom stereocenters. The fraction of sp³-hybridized carbons (Fsp3) is 0.533. The van der Waals surface area contributed by atoms with Gasteiger partial charge in [0.1, 0.15) is 0 Å². The van der Waals surface area contributed by atoms with Crippen LogP contribution in [0.25, 0.3) is 0 Å². The van der Waals surface area contributed by atoms with E-state index < -0.39 is 0 Å². The van der Waals surface area contributed by atoms with Crippen molar-refractivity contribution in [3.8, 4) is 0 Å². The summed E-state index contributed by atoms with van der Waals surface area (Å²) in [5.74, 6) is 2.44. The number of thioether (sulfide) groups is 2. The summed E-state index contributed by atoms with van der Waals surface area (Å²) in [6.45, 7) is 4.06. The van der Waals surface area contributed by atoms with E-state index in [-0.39, 0.29) is 5.91 Å². The van der Waals surface area contributed by atoms with Crippen molar-refractivity contribution in [3.05, 3.63) is 35.4 Å². The summed E-state index contributed by atoms with van der Waals surface area (Å²) >= 11 is 3.96. The number of benzene rings is 1. The molecule has 0 spiro atoms.